The molecular weight excluding hydrogens is 369 g/mol. The smallest absolute Gasteiger partial charge is 0.240 e. The topological polar surface area (TPSA) is 64.6 Å². The van der Waals surface area contributed by atoms with Crippen LogP contribution in [0.1, 0.15) is 30.7 Å². The third-order valence-corrected chi connectivity index (χ3v) is 6.53. The molecule has 144 valence electrons. The molecule has 1 saturated carbocycles. The van der Waals surface area contributed by atoms with Gasteiger partial charge in [-0.3, -0.25) is 0 Å². The summed E-state index contributed by atoms with van der Waals surface area (Å²) in [5.41, 5.74) is 1.16. The van der Waals surface area contributed by atoms with Crippen molar-refractivity contribution in [3.05, 3.63) is 53.8 Å². The van der Waals surface area contributed by atoms with Crippen LogP contribution in [0.15, 0.2) is 47.4 Å². The Labute approximate surface area is 158 Å². The van der Waals surface area contributed by atoms with Gasteiger partial charge >= 0.3 is 0 Å². The Morgan fingerprint density at radius 2 is 1.74 bits per heavy atom. The van der Waals surface area contributed by atoms with Crippen LogP contribution in [0.25, 0.3) is 0 Å². The molecule has 1 atom stereocenters. The average Bonchev–Trinajstić information content (AvgIpc) is 3.50. The van der Waals surface area contributed by atoms with Gasteiger partial charge in [-0.1, -0.05) is 6.07 Å². The second-order valence-corrected chi connectivity index (χ2v) is 8.75. The first-order valence-electron chi connectivity index (χ1n) is 9.18. The maximum atomic E-state index is 13.0. The molecule has 1 heterocycles. The lowest BCUT2D eigenvalue weighted by Crippen LogP contribution is -2.26. The van der Waals surface area contributed by atoms with Crippen LogP contribution in [-0.4, -0.2) is 28.2 Å². The van der Waals surface area contributed by atoms with Gasteiger partial charge in [0.2, 0.25) is 10.0 Å². The molecular formula is C20H22FNO4S. The zero-order valence-electron chi connectivity index (χ0n) is 14.9. The summed E-state index contributed by atoms with van der Waals surface area (Å²) in [6.45, 7) is 1.43. The van der Waals surface area contributed by atoms with Crippen LogP contribution in [0.2, 0.25) is 0 Å². The van der Waals surface area contributed by atoms with Crippen molar-refractivity contribution in [2.45, 2.75) is 30.1 Å². The van der Waals surface area contributed by atoms with Crippen molar-refractivity contribution in [3.63, 3.8) is 0 Å². The van der Waals surface area contributed by atoms with Crippen LogP contribution in [0.4, 0.5) is 4.39 Å². The van der Waals surface area contributed by atoms with Crippen molar-refractivity contribution < 1.29 is 22.3 Å². The molecule has 0 saturated heterocycles. The summed E-state index contributed by atoms with van der Waals surface area (Å²) in [6.07, 6.45) is 3.01. The second-order valence-electron chi connectivity index (χ2n) is 6.99. The van der Waals surface area contributed by atoms with Crippen molar-refractivity contribution in [3.8, 4) is 11.5 Å². The molecule has 2 aliphatic rings. The van der Waals surface area contributed by atoms with Crippen molar-refractivity contribution >= 4 is 10.0 Å². The molecule has 4 rings (SSSR count). The van der Waals surface area contributed by atoms with E-state index in [1.807, 2.05) is 18.2 Å². The van der Waals surface area contributed by atoms with Gasteiger partial charge in [0.25, 0.3) is 0 Å². The van der Waals surface area contributed by atoms with E-state index in [-0.39, 0.29) is 10.8 Å². The Morgan fingerprint density at radius 1 is 1.04 bits per heavy atom. The highest BCUT2D eigenvalue weighted by Gasteiger charge is 2.33. The van der Waals surface area contributed by atoms with E-state index in [4.69, 9.17) is 9.47 Å². The lowest BCUT2D eigenvalue weighted by Gasteiger charge is -2.22. The van der Waals surface area contributed by atoms with Gasteiger partial charge in [-0.15, -0.1) is 0 Å². The van der Waals surface area contributed by atoms with Gasteiger partial charge in [0, 0.05) is 6.54 Å². The molecule has 0 spiro atoms. The molecule has 1 aliphatic carbocycles. The maximum Gasteiger partial charge on any atom is 0.240 e. The van der Waals surface area contributed by atoms with E-state index in [9.17, 15) is 12.8 Å². The number of nitrogens with one attached hydrogen (secondary N) is 1. The van der Waals surface area contributed by atoms with E-state index in [1.165, 1.54) is 12.1 Å². The van der Waals surface area contributed by atoms with E-state index < -0.39 is 15.8 Å². The molecule has 5 nitrogen and oxygen atoms in total. The SMILES string of the molecule is O=S(=O)(NCCC(c1ccc2c(c1)OCCO2)C1CC1)c1ccc(F)cc1. The lowest BCUT2D eigenvalue weighted by atomic mass is 9.91. The Kier molecular flexibility index (Phi) is 5.06. The molecule has 1 unspecified atom stereocenters. The molecule has 1 aliphatic heterocycles. The number of halogens is 1. The Bertz CT molecular complexity index is 910. The minimum Gasteiger partial charge on any atom is -0.486 e. The molecule has 0 bridgehead atoms. The van der Waals surface area contributed by atoms with Crippen molar-refractivity contribution in [1.29, 1.82) is 0 Å². The van der Waals surface area contributed by atoms with Gasteiger partial charge in [0.15, 0.2) is 11.5 Å². The molecule has 0 amide bonds. The third-order valence-electron chi connectivity index (χ3n) is 5.06. The maximum absolute atomic E-state index is 13.0. The zero-order chi connectivity index (χ0) is 18.9. The molecule has 1 N–H and O–H groups in total. The number of fused-ring (bicyclic) bond motifs is 1. The zero-order valence-corrected chi connectivity index (χ0v) is 15.7. The highest BCUT2D eigenvalue weighted by molar-refractivity contribution is 7.89. The summed E-state index contributed by atoms with van der Waals surface area (Å²) < 4.78 is 51.6. The molecule has 1 fully saturated rings. The highest BCUT2D eigenvalue weighted by atomic mass is 32.2. The number of sulfonamides is 1. The third kappa shape index (κ3) is 4.25. The Balaban J connectivity index is 1.43. The summed E-state index contributed by atoms with van der Waals surface area (Å²) >= 11 is 0. The molecule has 7 heteroatoms. The van der Waals surface area contributed by atoms with Gasteiger partial charge in [0.1, 0.15) is 19.0 Å². The standard InChI is InChI=1S/C20H22FNO4S/c21-16-4-6-17(7-5-16)27(23,24)22-10-9-18(14-1-2-14)15-3-8-19-20(13-15)26-12-11-25-19/h3-8,13-14,18,22H,1-2,9-12H2. The predicted molar refractivity (Wildman–Crippen MR) is 99.1 cm³/mol. The number of benzene rings is 2. The van der Waals surface area contributed by atoms with Crippen molar-refractivity contribution in [2.75, 3.05) is 19.8 Å². The van der Waals surface area contributed by atoms with Crippen molar-refractivity contribution in [1.82, 2.24) is 4.72 Å². The van der Waals surface area contributed by atoms with Gasteiger partial charge in [-0.05, 0) is 73.1 Å². The lowest BCUT2D eigenvalue weighted by molar-refractivity contribution is 0.171. The highest BCUT2D eigenvalue weighted by Crippen LogP contribution is 2.46. The van der Waals surface area contributed by atoms with Gasteiger partial charge in [0.05, 0.1) is 4.90 Å². The summed E-state index contributed by atoms with van der Waals surface area (Å²) in [6, 6.07) is 10.8. The summed E-state index contributed by atoms with van der Waals surface area (Å²) in [5.74, 6) is 1.91. The number of hydrogen-bond donors (Lipinski definition) is 1. The normalized spacial score (nSPS) is 17.5. The number of hydrogen-bond acceptors (Lipinski definition) is 4. The molecule has 0 radical (unpaired) electrons. The first-order chi connectivity index (χ1) is 13.0. The van der Waals surface area contributed by atoms with E-state index in [0.29, 0.717) is 32.1 Å². The minimum absolute atomic E-state index is 0.0752. The molecule has 0 aromatic heterocycles. The van der Waals surface area contributed by atoms with Crippen LogP contribution in [0.5, 0.6) is 11.5 Å². The molecule has 27 heavy (non-hydrogen) atoms. The van der Waals surface area contributed by atoms with Gasteiger partial charge in [-0.25, -0.2) is 17.5 Å². The fourth-order valence-electron chi connectivity index (χ4n) is 3.51. The van der Waals surface area contributed by atoms with Crippen molar-refractivity contribution in [2.24, 2.45) is 5.92 Å². The first kappa shape index (κ1) is 18.3. The fourth-order valence-corrected chi connectivity index (χ4v) is 4.56. The fraction of sp³-hybridized carbons (Fsp3) is 0.400. The van der Waals surface area contributed by atoms with E-state index in [0.717, 1.165) is 42.0 Å². The summed E-state index contributed by atoms with van der Waals surface area (Å²) in [7, 11) is -3.64. The van der Waals surface area contributed by atoms with Crippen LogP contribution in [0.3, 0.4) is 0 Å². The van der Waals surface area contributed by atoms with E-state index in [1.54, 1.807) is 0 Å². The molecule has 2 aromatic carbocycles. The van der Waals surface area contributed by atoms with Gasteiger partial charge < -0.3 is 9.47 Å². The summed E-state index contributed by atoms with van der Waals surface area (Å²) in [5, 5.41) is 0. The Hall–Kier alpha value is -2.12. The monoisotopic (exact) mass is 391 g/mol. The van der Waals surface area contributed by atoms with Crippen LogP contribution >= 0.6 is 0 Å². The average molecular weight is 391 g/mol. The van der Waals surface area contributed by atoms with Crippen LogP contribution in [0, 0.1) is 11.7 Å². The molecule has 2 aromatic rings. The number of rotatable bonds is 7. The predicted octanol–water partition coefficient (Wildman–Crippen LogP) is 3.46. The van der Waals surface area contributed by atoms with E-state index >= 15 is 0 Å². The number of ether oxygens (including phenoxy) is 2. The Morgan fingerprint density at radius 3 is 2.44 bits per heavy atom. The van der Waals surface area contributed by atoms with Crippen LogP contribution in [-0.2, 0) is 10.0 Å². The largest absolute Gasteiger partial charge is 0.486 e. The van der Waals surface area contributed by atoms with E-state index in [2.05, 4.69) is 4.72 Å². The van der Waals surface area contributed by atoms with Crippen LogP contribution < -0.4 is 14.2 Å². The first-order valence-corrected chi connectivity index (χ1v) is 10.7. The minimum atomic E-state index is -3.64. The second kappa shape index (κ2) is 7.48. The summed E-state index contributed by atoms with van der Waals surface area (Å²) in [4.78, 5) is 0.0752. The quantitative estimate of drug-likeness (QED) is 0.785. The van der Waals surface area contributed by atoms with Gasteiger partial charge in [-0.2, -0.15) is 0 Å².